The van der Waals surface area contributed by atoms with Crippen molar-refractivity contribution in [3.05, 3.63) is 76.4 Å². The van der Waals surface area contributed by atoms with Crippen LogP contribution >= 0.6 is 0 Å². The number of nitrogens with two attached hydrogens (primary N) is 1. The lowest BCUT2D eigenvalue weighted by molar-refractivity contribution is -0.147. The van der Waals surface area contributed by atoms with Crippen molar-refractivity contribution in [1.82, 2.24) is 9.55 Å². The van der Waals surface area contributed by atoms with Crippen LogP contribution in [0.3, 0.4) is 0 Å². The third-order valence-electron chi connectivity index (χ3n) is 8.07. The number of rotatable bonds is 9. The highest BCUT2D eigenvalue weighted by Gasteiger charge is 2.40. The van der Waals surface area contributed by atoms with Crippen LogP contribution in [0.15, 0.2) is 42.7 Å². The summed E-state index contributed by atoms with van der Waals surface area (Å²) in [5, 5.41) is 13.4. The summed E-state index contributed by atoms with van der Waals surface area (Å²) in [4.78, 5) is 17.2. The molecule has 0 spiro atoms. The molecule has 1 aromatic heterocycles. The zero-order valence-electron chi connectivity index (χ0n) is 22.7. The fraction of sp³-hybridized carbons (Fsp3) is 0.467. The Balaban J connectivity index is 1.72. The maximum Gasteiger partial charge on any atom is 0.310 e. The summed E-state index contributed by atoms with van der Waals surface area (Å²) in [5.41, 5.74) is 12.0. The molecule has 4 N–H and O–H groups in total. The van der Waals surface area contributed by atoms with Crippen LogP contribution in [-0.4, -0.2) is 40.9 Å². The number of hydrogen-bond donors (Lipinski definition) is 3. The number of imidazole rings is 1. The van der Waals surface area contributed by atoms with E-state index in [2.05, 4.69) is 40.0 Å². The van der Waals surface area contributed by atoms with E-state index in [9.17, 15) is 9.90 Å². The van der Waals surface area contributed by atoms with Crippen molar-refractivity contribution in [2.45, 2.75) is 59.4 Å². The predicted octanol–water partition coefficient (Wildman–Crippen LogP) is 5.38. The molecule has 1 unspecified atom stereocenters. The first-order valence-electron chi connectivity index (χ1n) is 13.1. The summed E-state index contributed by atoms with van der Waals surface area (Å²) in [6, 6.07) is 10.3. The Kier molecular flexibility index (Phi) is 7.93. The molecule has 2 heterocycles. The van der Waals surface area contributed by atoms with Crippen LogP contribution in [0.2, 0.25) is 0 Å². The van der Waals surface area contributed by atoms with Crippen molar-refractivity contribution in [2.75, 3.05) is 31.3 Å². The van der Waals surface area contributed by atoms with Crippen LogP contribution in [0.5, 0.6) is 0 Å². The Labute approximate surface area is 220 Å². The Hall–Kier alpha value is -3.32. The zero-order valence-corrected chi connectivity index (χ0v) is 22.7. The SMILES string of the molecule is CNc1ccc(C(c2ccc(C)c(Cn3ccnc3CC3CCOCC3)c2)C(C)(C)C(=O)O)c(C)c1N. The van der Waals surface area contributed by atoms with Crippen LogP contribution in [0.4, 0.5) is 11.4 Å². The van der Waals surface area contributed by atoms with Gasteiger partial charge in [0, 0.05) is 51.5 Å². The third kappa shape index (κ3) is 5.52. The fourth-order valence-electron chi connectivity index (χ4n) is 5.49. The standard InChI is InChI=1S/C30H40N4O3/c1-19-6-7-22(17-23(19)18-34-13-12-33-26(34)16-21-10-14-37-15-11-21)27(30(3,4)29(35)36)24-8-9-25(32-5)28(31)20(24)2/h6-9,12-13,17,21,27,32H,10-11,14-16,18,31H2,1-5H3,(H,35,36). The summed E-state index contributed by atoms with van der Waals surface area (Å²) in [5.74, 6) is 0.466. The number of hydrogen-bond acceptors (Lipinski definition) is 5. The molecule has 3 aromatic rings. The topological polar surface area (TPSA) is 102 Å². The number of aryl methyl sites for hydroxylation is 1. The van der Waals surface area contributed by atoms with Gasteiger partial charge in [0.2, 0.25) is 0 Å². The van der Waals surface area contributed by atoms with E-state index in [1.807, 2.05) is 38.5 Å². The number of nitrogen functional groups attached to an aromatic ring is 1. The second-order valence-corrected chi connectivity index (χ2v) is 10.9. The molecule has 0 radical (unpaired) electrons. The Morgan fingerprint density at radius 3 is 2.65 bits per heavy atom. The molecule has 0 aliphatic carbocycles. The monoisotopic (exact) mass is 504 g/mol. The lowest BCUT2D eigenvalue weighted by Gasteiger charge is -2.33. The molecule has 1 fully saturated rings. The second kappa shape index (κ2) is 11.0. The average molecular weight is 505 g/mol. The number of aromatic nitrogens is 2. The number of carbonyl (C=O) groups is 1. The molecule has 198 valence electrons. The highest BCUT2D eigenvalue weighted by atomic mass is 16.5. The van der Waals surface area contributed by atoms with Gasteiger partial charge in [0.05, 0.1) is 16.8 Å². The van der Waals surface area contributed by atoms with Gasteiger partial charge in [0.15, 0.2) is 0 Å². The van der Waals surface area contributed by atoms with E-state index in [1.165, 1.54) is 5.56 Å². The number of nitrogens with zero attached hydrogens (tertiary/aromatic N) is 2. The van der Waals surface area contributed by atoms with E-state index < -0.39 is 11.4 Å². The van der Waals surface area contributed by atoms with Crippen molar-refractivity contribution in [3.63, 3.8) is 0 Å². The van der Waals surface area contributed by atoms with Crippen LogP contribution in [0.1, 0.15) is 66.2 Å². The smallest absolute Gasteiger partial charge is 0.310 e. The molecular weight excluding hydrogens is 464 g/mol. The van der Waals surface area contributed by atoms with Crippen molar-refractivity contribution < 1.29 is 14.6 Å². The molecule has 7 nitrogen and oxygen atoms in total. The summed E-state index contributed by atoms with van der Waals surface area (Å²) in [7, 11) is 1.84. The quantitative estimate of drug-likeness (QED) is 0.338. The van der Waals surface area contributed by atoms with Crippen LogP contribution in [-0.2, 0) is 22.5 Å². The molecule has 1 saturated heterocycles. The molecule has 4 rings (SSSR count). The molecule has 0 amide bonds. The van der Waals surface area contributed by atoms with Crippen molar-refractivity contribution in [1.29, 1.82) is 0 Å². The number of carboxylic acid groups (broad SMARTS) is 1. The minimum absolute atomic E-state index is 0.373. The van der Waals surface area contributed by atoms with Crippen LogP contribution in [0, 0.1) is 25.2 Å². The van der Waals surface area contributed by atoms with Crippen molar-refractivity contribution >= 4 is 17.3 Å². The van der Waals surface area contributed by atoms with Gasteiger partial charge in [-0.05, 0) is 80.3 Å². The van der Waals surface area contributed by atoms with Crippen LogP contribution < -0.4 is 11.1 Å². The number of nitrogens with one attached hydrogen (secondary N) is 1. The van der Waals surface area contributed by atoms with Gasteiger partial charge in [0.25, 0.3) is 0 Å². The summed E-state index contributed by atoms with van der Waals surface area (Å²) < 4.78 is 7.75. The number of aliphatic carboxylic acids is 1. The summed E-state index contributed by atoms with van der Waals surface area (Å²) >= 11 is 0. The number of ether oxygens (including phenoxy) is 1. The Bertz CT molecular complexity index is 1260. The minimum atomic E-state index is -1.05. The van der Waals surface area contributed by atoms with Crippen molar-refractivity contribution in [2.24, 2.45) is 11.3 Å². The van der Waals surface area contributed by atoms with Gasteiger partial charge in [-0.15, -0.1) is 0 Å². The molecule has 1 aliphatic heterocycles. The molecule has 37 heavy (non-hydrogen) atoms. The first kappa shape index (κ1) is 26.7. The van der Waals surface area contributed by atoms with Gasteiger partial charge in [-0.2, -0.15) is 0 Å². The highest BCUT2D eigenvalue weighted by molar-refractivity contribution is 5.78. The van der Waals surface area contributed by atoms with E-state index in [1.54, 1.807) is 13.8 Å². The van der Waals surface area contributed by atoms with Gasteiger partial charge in [-0.25, -0.2) is 4.98 Å². The maximum atomic E-state index is 12.5. The molecule has 0 saturated carbocycles. The third-order valence-corrected chi connectivity index (χ3v) is 8.07. The maximum absolute atomic E-state index is 12.5. The molecule has 2 aromatic carbocycles. The number of benzene rings is 2. The van der Waals surface area contributed by atoms with Gasteiger partial charge < -0.3 is 25.5 Å². The second-order valence-electron chi connectivity index (χ2n) is 10.9. The van der Waals surface area contributed by atoms with Crippen molar-refractivity contribution in [3.8, 4) is 0 Å². The van der Waals surface area contributed by atoms with Gasteiger partial charge in [0.1, 0.15) is 5.82 Å². The first-order chi connectivity index (χ1) is 17.6. The normalized spacial score (nSPS) is 15.5. The molecular formula is C30H40N4O3. The lowest BCUT2D eigenvalue weighted by Crippen LogP contribution is -2.32. The number of carboxylic acids is 1. The van der Waals surface area contributed by atoms with E-state index in [-0.39, 0.29) is 5.92 Å². The molecule has 7 heteroatoms. The molecule has 1 atom stereocenters. The van der Waals surface area contributed by atoms with Gasteiger partial charge >= 0.3 is 5.97 Å². The van der Waals surface area contributed by atoms with Crippen LogP contribution in [0.25, 0.3) is 0 Å². The summed E-state index contributed by atoms with van der Waals surface area (Å²) in [6.45, 7) is 10.0. The van der Waals surface area contributed by atoms with E-state index in [0.29, 0.717) is 18.2 Å². The summed E-state index contributed by atoms with van der Waals surface area (Å²) in [6.07, 6.45) is 7.00. The minimum Gasteiger partial charge on any atom is -0.481 e. The first-order valence-corrected chi connectivity index (χ1v) is 13.1. The highest BCUT2D eigenvalue weighted by Crippen LogP contribution is 2.45. The predicted molar refractivity (Wildman–Crippen MR) is 148 cm³/mol. The lowest BCUT2D eigenvalue weighted by atomic mass is 9.69. The molecule has 0 bridgehead atoms. The zero-order chi connectivity index (χ0) is 26.7. The average Bonchev–Trinajstić information content (AvgIpc) is 3.30. The number of anilines is 2. The Morgan fingerprint density at radius 2 is 1.97 bits per heavy atom. The van der Waals surface area contributed by atoms with E-state index in [0.717, 1.165) is 66.2 Å². The van der Waals surface area contributed by atoms with E-state index in [4.69, 9.17) is 10.5 Å². The largest absolute Gasteiger partial charge is 0.481 e. The Morgan fingerprint density at radius 1 is 1.24 bits per heavy atom. The fourth-order valence-corrected chi connectivity index (χ4v) is 5.49. The molecule has 1 aliphatic rings. The van der Waals surface area contributed by atoms with E-state index >= 15 is 0 Å². The van der Waals surface area contributed by atoms with Gasteiger partial charge in [-0.1, -0.05) is 24.3 Å². The van der Waals surface area contributed by atoms with Gasteiger partial charge in [-0.3, -0.25) is 4.79 Å².